The molecular weight excluding hydrogens is 317 g/mol. The van der Waals surface area contributed by atoms with E-state index in [-0.39, 0.29) is 6.42 Å². The highest BCUT2D eigenvalue weighted by atomic mass is 32.2. The van der Waals surface area contributed by atoms with Gasteiger partial charge in [-0.1, -0.05) is 42.5 Å². The summed E-state index contributed by atoms with van der Waals surface area (Å²) in [5.41, 5.74) is -0.350. The van der Waals surface area contributed by atoms with Crippen molar-refractivity contribution in [1.82, 2.24) is 0 Å². The summed E-state index contributed by atoms with van der Waals surface area (Å²) in [7, 11) is -4.12. The molecule has 0 N–H and O–H groups in total. The summed E-state index contributed by atoms with van der Waals surface area (Å²) in [6.45, 7) is 0. The molecule has 0 fully saturated rings. The third-order valence-corrected chi connectivity index (χ3v) is 4.03. The zero-order chi connectivity index (χ0) is 16.2. The fourth-order valence-electron chi connectivity index (χ4n) is 1.84. The number of halogens is 3. The number of para-hydroxylation sites is 1. The van der Waals surface area contributed by atoms with E-state index in [1.807, 2.05) is 0 Å². The largest absolute Gasteiger partial charge is 0.420 e. The van der Waals surface area contributed by atoms with Crippen LogP contribution in [0.5, 0.6) is 5.75 Å². The molecule has 0 radical (unpaired) electrons. The van der Waals surface area contributed by atoms with Crippen LogP contribution in [0.25, 0.3) is 0 Å². The quantitative estimate of drug-likeness (QED) is 0.786. The molecule has 0 atom stereocenters. The summed E-state index contributed by atoms with van der Waals surface area (Å²) in [6, 6.07) is 13.0. The molecule has 0 spiro atoms. The Balaban J connectivity index is 2.13. The minimum atomic E-state index is -4.68. The monoisotopic (exact) mass is 330 g/mol. The smallest absolute Gasteiger partial charge is 0.382 e. The van der Waals surface area contributed by atoms with Crippen molar-refractivity contribution < 1.29 is 25.8 Å². The SMILES string of the molecule is O=S(=O)(CCc1ccccc1)Oc1ccccc1C(F)(F)F. The van der Waals surface area contributed by atoms with Crippen LogP contribution < -0.4 is 4.18 Å². The van der Waals surface area contributed by atoms with Gasteiger partial charge in [0.05, 0.1) is 11.3 Å². The average Bonchev–Trinajstić information content (AvgIpc) is 2.45. The maximum absolute atomic E-state index is 12.8. The molecule has 7 heteroatoms. The van der Waals surface area contributed by atoms with Gasteiger partial charge in [-0.05, 0) is 24.1 Å². The van der Waals surface area contributed by atoms with Gasteiger partial charge >= 0.3 is 16.3 Å². The minimum Gasteiger partial charge on any atom is -0.382 e. The van der Waals surface area contributed by atoms with Gasteiger partial charge in [-0.15, -0.1) is 0 Å². The summed E-state index contributed by atoms with van der Waals surface area (Å²) in [5.74, 6) is -1.11. The fourth-order valence-corrected chi connectivity index (χ4v) is 2.83. The molecular formula is C15H13F3O3S. The highest BCUT2D eigenvalue weighted by molar-refractivity contribution is 7.87. The number of alkyl halides is 3. The highest BCUT2D eigenvalue weighted by Crippen LogP contribution is 2.36. The summed E-state index contributed by atoms with van der Waals surface area (Å²) >= 11 is 0. The van der Waals surface area contributed by atoms with E-state index < -0.39 is 33.4 Å². The lowest BCUT2D eigenvalue weighted by Crippen LogP contribution is -2.18. The van der Waals surface area contributed by atoms with Crippen molar-refractivity contribution in [2.45, 2.75) is 12.6 Å². The van der Waals surface area contributed by atoms with Gasteiger partial charge in [-0.3, -0.25) is 0 Å². The van der Waals surface area contributed by atoms with E-state index in [0.29, 0.717) is 0 Å². The number of benzene rings is 2. The number of hydrogen-bond acceptors (Lipinski definition) is 3. The predicted molar refractivity (Wildman–Crippen MR) is 76.0 cm³/mol. The second-order valence-corrected chi connectivity index (χ2v) is 6.26. The summed E-state index contributed by atoms with van der Waals surface area (Å²) < 4.78 is 66.8. The van der Waals surface area contributed by atoms with E-state index in [1.54, 1.807) is 30.3 Å². The Kier molecular flexibility index (Phi) is 4.75. The normalized spacial score (nSPS) is 12.1. The van der Waals surface area contributed by atoms with Crippen molar-refractivity contribution in [3.8, 4) is 5.75 Å². The minimum absolute atomic E-state index is 0.164. The molecule has 22 heavy (non-hydrogen) atoms. The van der Waals surface area contributed by atoms with Gasteiger partial charge in [0.1, 0.15) is 0 Å². The Bertz CT molecular complexity index is 725. The molecule has 0 saturated carbocycles. The molecule has 0 saturated heterocycles. The maximum atomic E-state index is 12.8. The molecule has 0 bridgehead atoms. The lowest BCUT2D eigenvalue weighted by Gasteiger charge is -2.13. The summed E-state index contributed by atoms with van der Waals surface area (Å²) in [4.78, 5) is 0. The molecule has 118 valence electrons. The van der Waals surface area contributed by atoms with E-state index in [2.05, 4.69) is 4.18 Å². The van der Waals surface area contributed by atoms with Gasteiger partial charge in [0, 0.05) is 0 Å². The Labute approximate surface area is 126 Å². The Morgan fingerprint density at radius 2 is 1.50 bits per heavy atom. The molecule has 0 aliphatic heterocycles. The zero-order valence-corrected chi connectivity index (χ0v) is 12.2. The predicted octanol–water partition coefficient (Wildman–Crippen LogP) is 3.66. The van der Waals surface area contributed by atoms with Crippen LogP contribution in [0.1, 0.15) is 11.1 Å². The molecule has 2 aromatic rings. The number of aryl methyl sites for hydroxylation is 1. The van der Waals surface area contributed by atoms with Crippen LogP contribution in [0, 0.1) is 0 Å². The van der Waals surface area contributed by atoms with E-state index in [0.717, 1.165) is 17.7 Å². The first kappa shape index (κ1) is 16.4. The van der Waals surface area contributed by atoms with E-state index in [9.17, 15) is 21.6 Å². The van der Waals surface area contributed by atoms with Crippen molar-refractivity contribution in [2.75, 3.05) is 5.75 Å². The fraction of sp³-hybridized carbons (Fsp3) is 0.200. The number of rotatable bonds is 5. The Morgan fingerprint density at radius 3 is 2.14 bits per heavy atom. The zero-order valence-electron chi connectivity index (χ0n) is 11.4. The van der Waals surface area contributed by atoms with Crippen LogP contribution in [0.2, 0.25) is 0 Å². The van der Waals surface area contributed by atoms with Crippen LogP contribution in [0.3, 0.4) is 0 Å². The summed E-state index contributed by atoms with van der Waals surface area (Å²) in [6.07, 6.45) is -4.51. The first-order valence-electron chi connectivity index (χ1n) is 6.40. The molecule has 0 aliphatic rings. The average molecular weight is 330 g/mol. The van der Waals surface area contributed by atoms with Gasteiger partial charge in [0.25, 0.3) is 0 Å². The summed E-state index contributed by atoms with van der Waals surface area (Å²) in [5, 5.41) is 0. The second kappa shape index (κ2) is 6.39. The van der Waals surface area contributed by atoms with Crippen LogP contribution in [-0.4, -0.2) is 14.2 Å². The third-order valence-electron chi connectivity index (χ3n) is 2.89. The van der Waals surface area contributed by atoms with Crippen molar-refractivity contribution in [3.63, 3.8) is 0 Å². The molecule has 2 rings (SSSR count). The third kappa shape index (κ3) is 4.49. The van der Waals surface area contributed by atoms with Crippen molar-refractivity contribution in [2.24, 2.45) is 0 Å². The first-order chi connectivity index (χ1) is 10.3. The van der Waals surface area contributed by atoms with Crippen LogP contribution in [0.15, 0.2) is 54.6 Å². The topological polar surface area (TPSA) is 43.4 Å². The van der Waals surface area contributed by atoms with Gasteiger partial charge in [-0.2, -0.15) is 21.6 Å². The van der Waals surface area contributed by atoms with E-state index in [4.69, 9.17) is 0 Å². The molecule has 0 aliphatic carbocycles. The molecule has 0 unspecified atom stereocenters. The van der Waals surface area contributed by atoms with Crippen molar-refractivity contribution >= 4 is 10.1 Å². The van der Waals surface area contributed by atoms with E-state index >= 15 is 0 Å². The standard InChI is InChI=1S/C15H13F3O3S/c16-15(17,18)13-8-4-5-9-14(13)21-22(19,20)11-10-12-6-2-1-3-7-12/h1-9H,10-11H2. The maximum Gasteiger partial charge on any atom is 0.420 e. The lowest BCUT2D eigenvalue weighted by atomic mass is 10.2. The second-order valence-electron chi connectivity index (χ2n) is 4.57. The van der Waals surface area contributed by atoms with Gasteiger partial charge in [-0.25, -0.2) is 0 Å². The van der Waals surface area contributed by atoms with Crippen molar-refractivity contribution in [3.05, 3.63) is 65.7 Å². The van der Waals surface area contributed by atoms with Crippen LogP contribution in [0.4, 0.5) is 13.2 Å². The molecule has 3 nitrogen and oxygen atoms in total. The highest BCUT2D eigenvalue weighted by Gasteiger charge is 2.35. The van der Waals surface area contributed by atoms with Gasteiger partial charge < -0.3 is 4.18 Å². The lowest BCUT2D eigenvalue weighted by molar-refractivity contribution is -0.138. The van der Waals surface area contributed by atoms with Gasteiger partial charge in [0.15, 0.2) is 5.75 Å². The molecule has 0 aromatic heterocycles. The number of hydrogen-bond donors (Lipinski definition) is 0. The molecule has 2 aromatic carbocycles. The molecule has 0 heterocycles. The first-order valence-corrected chi connectivity index (χ1v) is 7.98. The Morgan fingerprint density at radius 1 is 0.909 bits per heavy atom. The molecule has 0 amide bonds. The van der Waals surface area contributed by atoms with Crippen LogP contribution >= 0.6 is 0 Å². The Hall–Kier alpha value is -2.02. The van der Waals surface area contributed by atoms with Crippen molar-refractivity contribution in [1.29, 1.82) is 0 Å². The van der Waals surface area contributed by atoms with E-state index in [1.165, 1.54) is 12.1 Å². The van der Waals surface area contributed by atoms with Gasteiger partial charge in [0.2, 0.25) is 0 Å². The van der Waals surface area contributed by atoms with Crippen LogP contribution in [-0.2, 0) is 22.7 Å².